The summed E-state index contributed by atoms with van der Waals surface area (Å²) in [5.74, 6) is -0.0790. The Hall–Kier alpha value is -3.70. The van der Waals surface area contributed by atoms with Gasteiger partial charge in [0.1, 0.15) is 6.07 Å². The minimum absolute atomic E-state index is 0.0143. The molecule has 0 aliphatic heterocycles. The van der Waals surface area contributed by atoms with E-state index in [1.165, 1.54) is 12.1 Å². The Kier molecular flexibility index (Phi) is 4.76. The van der Waals surface area contributed by atoms with Crippen molar-refractivity contribution in [1.29, 1.82) is 5.26 Å². The van der Waals surface area contributed by atoms with Crippen molar-refractivity contribution in [2.75, 3.05) is 5.73 Å². The molecule has 0 bridgehead atoms. The first-order chi connectivity index (χ1) is 14.3. The van der Waals surface area contributed by atoms with E-state index in [1.807, 2.05) is 6.07 Å². The van der Waals surface area contributed by atoms with Crippen molar-refractivity contribution in [3.8, 4) is 28.6 Å². The van der Waals surface area contributed by atoms with Gasteiger partial charge in [0.25, 0.3) is 0 Å². The number of halogens is 4. The standard InChI is InChI=1S/C21H11ClF3N5/c22-15-9-12(8-13-14(21(23,24)25)6-7-28-19(13)15)18-17(11-4-2-1-3-5-11)30-20(27)16(10-26)29-18/h1-9H,(H2,27,30). The fourth-order valence-corrected chi connectivity index (χ4v) is 3.39. The second-order valence-electron chi connectivity index (χ2n) is 6.34. The third-order valence-electron chi connectivity index (χ3n) is 4.45. The molecule has 0 saturated carbocycles. The SMILES string of the molecule is N#Cc1nc(-c2cc(Cl)c3nccc(C(F)(F)F)c3c2)c(-c2ccccc2)nc1N. The van der Waals surface area contributed by atoms with Crippen molar-refractivity contribution >= 4 is 28.3 Å². The maximum absolute atomic E-state index is 13.5. The highest BCUT2D eigenvalue weighted by atomic mass is 35.5. The van der Waals surface area contributed by atoms with E-state index in [0.717, 1.165) is 12.3 Å². The van der Waals surface area contributed by atoms with Gasteiger partial charge in [-0.2, -0.15) is 18.4 Å². The highest BCUT2D eigenvalue weighted by molar-refractivity contribution is 6.35. The molecule has 0 aliphatic carbocycles. The van der Waals surface area contributed by atoms with Gasteiger partial charge in [-0.15, -0.1) is 0 Å². The van der Waals surface area contributed by atoms with Crippen LogP contribution in [-0.2, 0) is 6.18 Å². The molecule has 2 aromatic carbocycles. The van der Waals surface area contributed by atoms with Crippen LogP contribution in [0, 0.1) is 11.3 Å². The van der Waals surface area contributed by atoms with Gasteiger partial charge in [-0.3, -0.25) is 4.98 Å². The maximum Gasteiger partial charge on any atom is 0.417 e. The summed E-state index contributed by atoms with van der Waals surface area (Å²) < 4.78 is 40.6. The third kappa shape index (κ3) is 3.40. The van der Waals surface area contributed by atoms with Crippen LogP contribution in [0.4, 0.5) is 19.0 Å². The Morgan fingerprint density at radius 2 is 1.67 bits per heavy atom. The molecule has 0 fully saturated rings. The number of fused-ring (bicyclic) bond motifs is 1. The predicted octanol–water partition coefficient (Wildman–Crippen LogP) is 5.48. The van der Waals surface area contributed by atoms with Crippen LogP contribution in [0.5, 0.6) is 0 Å². The lowest BCUT2D eigenvalue weighted by atomic mass is 10.00. The molecular weight excluding hydrogens is 415 g/mol. The van der Waals surface area contributed by atoms with Crippen molar-refractivity contribution in [3.63, 3.8) is 0 Å². The van der Waals surface area contributed by atoms with Crippen LogP contribution in [0.3, 0.4) is 0 Å². The number of anilines is 1. The zero-order valence-electron chi connectivity index (χ0n) is 15.1. The lowest BCUT2D eigenvalue weighted by Crippen LogP contribution is -2.07. The summed E-state index contributed by atoms with van der Waals surface area (Å²) in [7, 11) is 0. The lowest BCUT2D eigenvalue weighted by Gasteiger charge is -2.14. The van der Waals surface area contributed by atoms with E-state index < -0.39 is 11.7 Å². The number of rotatable bonds is 2. The van der Waals surface area contributed by atoms with Crippen LogP contribution in [0.15, 0.2) is 54.7 Å². The molecule has 2 aromatic heterocycles. The van der Waals surface area contributed by atoms with E-state index in [4.69, 9.17) is 17.3 Å². The van der Waals surface area contributed by atoms with Crippen LogP contribution in [-0.4, -0.2) is 15.0 Å². The smallest absolute Gasteiger partial charge is 0.381 e. The number of pyridine rings is 1. The first kappa shape index (κ1) is 19.6. The predicted molar refractivity (Wildman–Crippen MR) is 107 cm³/mol. The summed E-state index contributed by atoms with van der Waals surface area (Å²) in [5.41, 5.74) is 6.24. The van der Waals surface area contributed by atoms with Gasteiger partial charge in [0.05, 0.1) is 27.5 Å². The van der Waals surface area contributed by atoms with E-state index >= 15 is 0 Å². The van der Waals surface area contributed by atoms with E-state index in [-0.39, 0.29) is 38.7 Å². The van der Waals surface area contributed by atoms with Crippen LogP contribution in [0.25, 0.3) is 33.4 Å². The van der Waals surface area contributed by atoms with Gasteiger partial charge >= 0.3 is 6.18 Å². The summed E-state index contributed by atoms with van der Waals surface area (Å²) >= 11 is 6.27. The quantitative estimate of drug-likeness (QED) is 0.459. The number of nitriles is 1. The molecule has 4 rings (SSSR count). The number of aromatic nitrogens is 3. The first-order valence-corrected chi connectivity index (χ1v) is 8.96. The second kappa shape index (κ2) is 7.28. The molecule has 0 saturated heterocycles. The number of hydrogen-bond acceptors (Lipinski definition) is 5. The fraction of sp³-hybridized carbons (Fsp3) is 0.0476. The first-order valence-electron chi connectivity index (χ1n) is 8.58. The minimum Gasteiger partial charge on any atom is -0.381 e. The number of benzene rings is 2. The van der Waals surface area contributed by atoms with Crippen LogP contribution >= 0.6 is 11.6 Å². The molecule has 5 nitrogen and oxygen atoms in total. The molecule has 148 valence electrons. The molecular formula is C21H11ClF3N5. The van der Waals surface area contributed by atoms with Gasteiger partial charge in [-0.05, 0) is 18.2 Å². The van der Waals surface area contributed by atoms with Crippen molar-refractivity contribution < 1.29 is 13.2 Å². The average Bonchev–Trinajstić information content (AvgIpc) is 2.73. The van der Waals surface area contributed by atoms with Gasteiger partial charge in [-0.1, -0.05) is 41.9 Å². The number of nitrogens with zero attached hydrogens (tertiary/aromatic N) is 4. The van der Waals surface area contributed by atoms with Crippen molar-refractivity contribution in [2.45, 2.75) is 6.18 Å². The molecule has 0 amide bonds. The molecule has 0 spiro atoms. The summed E-state index contributed by atoms with van der Waals surface area (Å²) in [6.45, 7) is 0. The Bertz CT molecular complexity index is 1310. The lowest BCUT2D eigenvalue weighted by molar-refractivity contribution is -0.136. The molecule has 0 radical (unpaired) electrons. The largest absolute Gasteiger partial charge is 0.417 e. The van der Waals surface area contributed by atoms with Crippen molar-refractivity contribution in [1.82, 2.24) is 15.0 Å². The molecule has 9 heteroatoms. The number of alkyl halides is 3. The fourth-order valence-electron chi connectivity index (χ4n) is 3.12. The van der Waals surface area contributed by atoms with Crippen LogP contribution in [0.1, 0.15) is 11.3 Å². The number of nitrogen functional groups attached to an aromatic ring is 1. The normalized spacial score (nSPS) is 11.4. The van der Waals surface area contributed by atoms with E-state index in [0.29, 0.717) is 11.3 Å². The summed E-state index contributed by atoms with van der Waals surface area (Å²) in [5, 5.41) is 9.15. The molecule has 0 unspecified atom stereocenters. The Balaban J connectivity index is 2.07. The van der Waals surface area contributed by atoms with E-state index in [9.17, 15) is 18.4 Å². The maximum atomic E-state index is 13.5. The van der Waals surface area contributed by atoms with E-state index in [1.54, 1.807) is 30.3 Å². The zero-order valence-corrected chi connectivity index (χ0v) is 15.8. The molecule has 4 aromatic rings. The average molecular weight is 426 g/mol. The summed E-state index contributed by atoms with van der Waals surface area (Å²) in [4.78, 5) is 12.5. The third-order valence-corrected chi connectivity index (χ3v) is 4.74. The highest BCUT2D eigenvalue weighted by Crippen LogP contribution is 2.39. The summed E-state index contributed by atoms with van der Waals surface area (Å²) in [6.07, 6.45) is -3.54. The molecule has 2 heterocycles. The van der Waals surface area contributed by atoms with Crippen LogP contribution < -0.4 is 5.73 Å². The highest BCUT2D eigenvalue weighted by Gasteiger charge is 2.33. The zero-order chi connectivity index (χ0) is 21.5. The second-order valence-corrected chi connectivity index (χ2v) is 6.75. The molecule has 0 atom stereocenters. The van der Waals surface area contributed by atoms with Gasteiger partial charge < -0.3 is 5.73 Å². The Morgan fingerprint density at radius 3 is 2.33 bits per heavy atom. The van der Waals surface area contributed by atoms with Crippen molar-refractivity contribution in [3.05, 3.63) is 71.0 Å². The number of hydrogen-bond donors (Lipinski definition) is 1. The van der Waals surface area contributed by atoms with Gasteiger partial charge in [0, 0.05) is 22.7 Å². The molecule has 0 aliphatic rings. The topological polar surface area (TPSA) is 88.5 Å². The Labute approximate surface area is 173 Å². The molecule has 2 N–H and O–H groups in total. The molecule has 30 heavy (non-hydrogen) atoms. The number of nitrogens with two attached hydrogens (primary N) is 1. The van der Waals surface area contributed by atoms with Gasteiger partial charge in [0.15, 0.2) is 11.5 Å². The monoisotopic (exact) mass is 425 g/mol. The summed E-state index contributed by atoms with van der Waals surface area (Å²) in [6, 6.07) is 14.3. The van der Waals surface area contributed by atoms with Crippen molar-refractivity contribution in [2.24, 2.45) is 0 Å². The van der Waals surface area contributed by atoms with Gasteiger partial charge in [-0.25, -0.2) is 9.97 Å². The van der Waals surface area contributed by atoms with E-state index in [2.05, 4.69) is 15.0 Å². The Morgan fingerprint density at radius 1 is 0.967 bits per heavy atom. The minimum atomic E-state index is -4.60. The van der Waals surface area contributed by atoms with Gasteiger partial charge in [0.2, 0.25) is 0 Å². The van der Waals surface area contributed by atoms with Crippen LogP contribution in [0.2, 0.25) is 5.02 Å².